The molecule has 0 aliphatic heterocycles. The van der Waals surface area contributed by atoms with Gasteiger partial charge in [-0.05, 0) is 138 Å². The molecule has 0 bridgehead atoms. The summed E-state index contributed by atoms with van der Waals surface area (Å²) in [4.78, 5) is 34.8. The molecule has 0 aromatic heterocycles. The minimum atomic E-state index is -0.369. The van der Waals surface area contributed by atoms with Crippen LogP contribution in [-0.4, -0.2) is 69.8 Å². The standard InChI is InChI=1S/C48H74O9/c1-3-46(49)54-33-12-7-5-6-10-15-38-16-18-39(19-17-38)37-57-45-30-24-42(25-31-45)48(51)56-34-13-9-8-11-32-52-43-26-20-40(21-27-43)41-22-28-44(29-23-41)53-35-14-36-55-47(50)4-2/h3-4,24-25,30-31,38-41,43-44H,1-2,5-23,26-29,32-37H2. The average Bonchev–Trinajstić information content (AvgIpc) is 3.25. The largest absolute Gasteiger partial charge is 0.493 e. The second-order valence-electron chi connectivity index (χ2n) is 16.7. The summed E-state index contributed by atoms with van der Waals surface area (Å²) < 4.78 is 34.0. The number of rotatable bonds is 28. The van der Waals surface area contributed by atoms with Crippen LogP contribution in [0.4, 0.5) is 0 Å². The third kappa shape index (κ3) is 19.4. The topological polar surface area (TPSA) is 107 Å². The van der Waals surface area contributed by atoms with Crippen molar-refractivity contribution >= 4 is 17.9 Å². The number of hydrogen-bond acceptors (Lipinski definition) is 9. The van der Waals surface area contributed by atoms with Crippen LogP contribution < -0.4 is 4.74 Å². The molecule has 0 N–H and O–H groups in total. The van der Waals surface area contributed by atoms with Gasteiger partial charge in [-0.2, -0.15) is 0 Å². The Hall–Kier alpha value is -3.17. The SMILES string of the molecule is C=CC(=O)OCCCCCCCC1CCC(COc2ccc(C(=O)OCCCCCCOC3CCC(C4CCC(OCCCOC(=O)C=C)CC4)CC3)cc2)CC1. The van der Waals surface area contributed by atoms with Gasteiger partial charge in [0.25, 0.3) is 0 Å². The second-order valence-corrected chi connectivity index (χ2v) is 16.7. The van der Waals surface area contributed by atoms with Gasteiger partial charge in [0, 0.05) is 25.2 Å². The Morgan fingerprint density at radius 3 is 1.53 bits per heavy atom. The first-order valence-corrected chi connectivity index (χ1v) is 22.6. The van der Waals surface area contributed by atoms with E-state index < -0.39 is 0 Å². The van der Waals surface area contributed by atoms with Crippen molar-refractivity contribution in [1.82, 2.24) is 0 Å². The molecular formula is C48H74O9. The molecule has 3 saturated carbocycles. The van der Waals surface area contributed by atoms with Crippen LogP contribution in [-0.2, 0) is 33.3 Å². The fourth-order valence-corrected chi connectivity index (χ4v) is 8.94. The molecule has 3 aliphatic carbocycles. The fourth-order valence-electron chi connectivity index (χ4n) is 8.94. The lowest BCUT2D eigenvalue weighted by molar-refractivity contribution is -0.139. The van der Waals surface area contributed by atoms with Gasteiger partial charge in [0.1, 0.15) is 5.75 Å². The summed E-state index contributed by atoms with van der Waals surface area (Å²) in [5.74, 6) is 2.92. The molecule has 9 nitrogen and oxygen atoms in total. The van der Waals surface area contributed by atoms with Crippen LogP contribution in [0.1, 0.15) is 158 Å². The monoisotopic (exact) mass is 795 g/mol. The van der Waals surface area contributed by atoms with E-state index in [1.807, 2.05) is 24.3 Å². The quantitative estimate of drug-likeness (QED) is 0.0355. The zero-order chi connectivity index (χ0) is 40.3. The molecule has 4 rings (SSSR count). The highest BCUT2D eigenvalue weighted by Gasteiger charge is 2.31. The molecule has 0 unspecified atom stereocenters. The average molecular weight is 795 g/mol. The van der Waals surface area contributed by atoms with Crippen molar-refractivity contribution in [2.75, 3.05) is 39.6 Å². The Morgan fingerprint density at radius 2 is 0.965 bits per heavy atom. The van der Waals surface area contributed by atoms with Crippen LogP contribution in [0, 0.1) is 23.7 Å². The number of carbonyl (C=O) groups is 3. The molecule has 57 heavy (non-hydrogen) atoms. The second kappa shape index (κ2) is 28.3. The molecule has 320 valence electrons. The van der Waals surface area contributed by atoms with E-state index in [0.29, 0.717) is 50.1 Å². The zero-order valence-electron chi connectivity index (χ0n) is 35.0. The molecule has 0 atom stereocenters. The Balaban J connectivity index is 0.921. The van der Waals surface area contributed by atoms with E-state index in [-0.39, 0.29) is 17.9 Å². The molecule has 9 heteroatoms. The molecule has 0 saturated heterocycles. The molecule has 3 aliphatic rings. The summed E-state index contributed by atoms with van der Waals surface area (Å²) in [6.07, 6.45) is 29.8. The van der Waals surface area contributed by atoms with Crippen molar-refractivity contribution in [2.45, 2.75) is 160 Å². The highest BCUT2D eigenvalue weighted by atomic mass is 16.5. The van der Waals surface area contributed by atoms with E-state index in [1.54, 1.807) is 0 Å². The molecular weight excluding hydrogens is 721 g/mol. The van der Waals surface area contributed by atoms with E-state index >= 15 is 0 Å². The molecule has 3 fully saturated rings. The van der Waals surface area contributed by atoms with Gasteiger partial charge in [-0.1, -0.05) is 64.5 Å². The molecule has 0 radical (unpaired) electrons. The summed E-state index contributed by atoms with van der Waals surface area (Å²) >= 11 is 0. The predicted molar refractivity (Wildman–Crippen MR) is 224 cm³/mol. The number of carbonyl (C=O) groups excluding carboxylic acids is 3. The first kappa shape index (κ1) is 46.5. The predicted octanol–water partition coefficient (Wildman–Crippen LogP) is 10.9. The minimum absolute atomic E-state index is 0.269. The number of unbranched alkanes of at least 4 members (excludes halogenated alkanes) is 7. The van der Waals surface area contributed by atoms with E-state index in [9.17, 15) is 14.4 Å². The van der Waals surface area contributed by atoms with Gasteiger partial charge < -0.3 is 28.4 Å². The highest BCUT2D eigenvalue weighted by molar-refractivity contribution is 5.89. The van der Waals surface area contributed by atoms with Gasteiger partial charge in [0.05, 0.1) is 50.8 Å². The van der Waals surface area contributed by atoms with Gasteiger partial charge in [-0.25, -0.2) is 14.4 Å². The lowest BCUT2D eigenvalue weighted by Gasteiger charge is -2.37. The minimum Gasteiger partial charge on any atom is -0.493 e. The molecule has 0 amide bonds. The molecule has 1 aromatic carbocycles. The number of esters is 3. The van der Waals surface area contributed by atoms with E-state index in [4.69, 9.17) is 28.4 Å². The Morgan fingerprint density at radius 1 is 0.509 bits per heavy atom. The summed E-state index contributed by atoms with van der Waals surface area (Å²) in [5.41, 5.74) is 0.571. The number of ether oxygens (including phenoxy) is 6. The fraction of sp³-hybridized carbons (Fsp3) is 0.729. The van der Waals surface area contributed by atoms with Crippen LogP contribution in [0.2, 0.25) is 0 Å². The van der Waals surface area contributed by atoms with Crippen LogP contribution in [0.5, 0.6) is 5.75 Å². The van der Waals surface area contributed by atoms with Crippen LogP contribution in [0.15, 0.2) is 49.6 Å². The van der Waals surface area contributed by atoms with Crippen molar-refractivity contribution in [2.24, 2.45) is 23.7 Å². The normalized spacial score (nSPS) is 23.6. The van der Waals surface area contributed by atoms with Crippen molar-refractivity contribution in [3.05, 3.63) is 55.1 Å². The van der Waals surface area contributed by atoms with Crippen molar-refractivity contribution < 1.29 is 42.8 Å². The maximum atomic E-state index is 12.6. The summed E-state index contributed by atoms with van der Waals surface area (Å²) in [5, 5.41) is 0. The highest BCUT2D eigenvalue weighted by Crippen LogP contribution is 2.40. The molecule has 1 aromatic rings. The van der Waals surface area contributed by atoms with E-state index in [0.717, 1.165) is 94.5 Å². The molecule has 0 spiro atoms. The van der Waals surface area contributed by atoms with Crippen LogP contribution in [0.25, 0.3) is 0 Å². The van der Waals surface area contributed by atoms with Gasteiger partial charge in [-0.3, -0.25) is 0 Å². The van der Waals surface area contributed by atoms with Gasteiger partial charge in [0.15, 0.2) is 0 Å². The lowest BCUT2D eigenvalue weighted by Crippen LogP contribution is -2.30. The van der Waals surface area contributed by atoms with Gasteiger partial charge >= 0.3 is 17.9 Å². The first-order valence-electron chi connectivity index (χ1n) is 22.6. The van der Waals surface area contributed by atoms with E-state index in [2.05, 4.69) is 13.2 Å². The Kier molecular flexibility index (Phi) is 23.1. The smallest absolute Gasteiger partial charge is 0.338 e. The lowest BCUT2D eigenvalue weighted by atomic mass is 9.72. The first-order chi connectivity index (χ1) is 27.9. The third-order valence-electron chi connectivity index (χ3n) is 12.5. The number of hydrogen-bond donors (Lipinski definition) is 0. The van der Waals surface area contributed by atoms with Gasteiger partial charge in [-0.15, -0.1) is 0 Å². The summed E-state index contributed by atoms with van der Waals surface area (Å²) in [6, 6.07) is 7.40. The van der Waals surface area contributed by atoms with E-state index in [1.165, 1.54) is 102 Å². The van der Waals surface area contributed by atoms with Crippen LogP contribution in [0.3, 0.4) is 0 Å². The Bertz CT molecular complexity index is 1270. The Labute approximate surface area is 344 Å². The van der Waals surface area contributed by atoms with Crippen molar-refractivity contribution in [1.29, 1.82) is 0 Å². The summed E-state index contributed by atoms with van der Waals surface area (Å²) in [6.45, 7) is 10.4. The van der Waals surface area contributed by atoms with Gasteiger partial charge in [0.2, 0.25) is 0 Å². The maximum absolute atomic E-state index is 12.6. The third-order valence-corrected chi connectivity index (χ3v) is 12.5. The van der Waals surface area contributed by atoms with Crippen molar-refractivity contribution in [3.63, 3.8) is 0 Å². The van der Waals surface area contributed by atoms with Crippen molar-refractivity contribution in [3.8, 4) is 5.75 Å². The molecule has 0 heterocycles. The maximum Gasteiger partial charge on any atom is 0.338 e. The zero-order valence-corrected chi connectivity index (χ0v) is 35.0. The summed E-state index contributed by atoms with van der Waals surface area (Å²) in [7, 11) is 0. The number of benzene rings is 1. The van der Waals surface area contributed by atoms with Crippen LogP contribution >= 0.6 is 0 Å².